The predicted octanol–water partition coefficient (Wildman–Crippen LogP) is 2.51. The van der Waals surface area contributed by atoms with Crippen LogP contribution in [-0.2, 0) is 4.79 Å². The Morgan fingerprint density at radius 3 is 2.83 bits per heavy atom. The van der Waals surface area contributed by atoms with E-state index < -0.39 is 5.97 Å². The van der Waals surface area contributed by atoms with E-state index in [1.807, 2.05) is 30.3 Å². The van der Waals surface area contributed by atoms with Crippen LogP contribution < -0.4 is 0 Å². The first-order valence-electron chi connectivity index (χ1n) is 6.10. The van der Waals surface area contributed by atoms with Gasteiger partial charge < -0.3 is 9.52 Å². The molecule has 3 rings (SSSR count). The third kappa shape index (κ3) is 1.78. The number of hydrogen-bond acceptors (Lipinski definition) is 3. The Bertz CT molecular complexity index is 550. The van der Waals surface area contributed by atoms with E-state index in [0.29, 0.717) is 13.1 Å². The number of carboxylic acid groups (broad SMARTS) is 1. The lowest BCUT2D eigenvalue weighted by atomic mass is 9.97. The van der Waals surface area contributed by atoms with Gasteiger partial charge in [0.25, 0.3) is 0 Å². The van der Waals surface area contributed by atoms with Gasteiger partial charge in [-0.1, -0.05) is 18.2 Å². The number of para-hydroxylation sites is 1. The molecule has 18 heavy (non-hydrogen) atoms. The van der Waals surface area contributed by atoms with Crippen molar-refractivity contribution < 1.29 is 14.3 Å². The van der Waals surface area contributed by atoms with Gasteiger partial charge in [0.1, 0.15) is 11.3 Å². The van der Waals surface area contributed by atoms with Crippen molar-refractivity contribution >= 4 is 16.9 Å². The molecule has 2 aromatic rings. The lowest BCUT2D eigenvalue weighted by molar-refractivity contribution is -0.148. The molecule has 1 atom stereocenters. The van der Waals surface area contributed by atoms with Crippen LogP contribution in [0.1, 0.15) is 18.7 Å². The second-order valence-corrected chi connectivity index (χ2v) is 4.85. The average molecular weight is 245 g/mol. The van der Waals surface area contributed by atoms with Crippen LogP contribution in [0.2, 0.25) is 0 Å². The van der Waals surface area contributed by atoms with Gasteiger partial charge in [-0.05, 0) is 19.1 Å². The average Bonchev–Trinajstić information content (AvgIpc) is 2.69. The maximum atomic E-state index is 10.8. The highest BCUT2D eigenvalue weighted by atomic mass is 16.4. The van der Waals surface area contributed by atoms with Gasteiger partial charge in [0.2, 0.25) is 0 Å². The standard InChI is InChI=1S/C14H15NO3/c1-9(15-7-11(8-15)14(16)17)13-6-10-4-2-3-5-12(10)18-13/h2-6,9,11H,7-8H2,1H3,(H,16,17). The number of benzene rings is 1. The number of carboxylic acids is 1. The largest absolute Gasteiger partial charge is 0.481 e. The molecule has 0 amide bonds. The highest BCUT2D eigenvalue weighted by Gasteiger charge is 2.36. The summed E-state index contributed by atoms with van der Waals surface area (Å²) in [5.41, 5.74) is 0.884. The molecular weight excluding hydrogens is 230 g/mol. The SMILES string of the molecule is CC(c1cc2ccccc2o1)N1CC(C(=O)O)C1. The second-order valence-electron chi connectivity index (χ2n) is 4.85. The molecule has 4 nitrogen and oxygen atoms in total. The summed E-state index contributed by atoms with van der Waals surface area (Å²) in [6.07, 6.45) is 0. The number of aliphatic carboxylic acids is 1. The van der Waals surface area contributed by atoms with Crippen molar-refractivity contribution in [3.8, 4) is 0 Å². The Balaban J connectivity index is 1.77. The molecule has 0 aliphatic carbocycles. The Hall–Kier alpha value is -1.81. The van der Waals surface area contributed by atoms with Gasteiger partial charge in [-0.15, -0.1) is 0 Å². The highest BCUT2D eigenvalue weighted by molar-refractivity contribution is 5.77. The number of likely N-dealkylation sites (tertiary alicyclic amines) is 1. The highest BCUT2D eigenvalue weighted by Crippen LogP contribution is 2.31. The lowest BCUT2D eigenvalue weighted by Gasteiger charge is -2.40. The Morgan fingerprint density at radius 2 is 2.17 bits per heavy atom. The van der Waals surface area contributed by atoms with E-state index >= 15 is 0 Å². The molecule has 0 bridgehead atoms. The second kappa shape index (κ2) is 4.14. The minimum atomic E-state index is -0.706. The van der Waals surface area contributed by atoms with Gasteiger partial charge in [-0.25, -0.2) is 0 Å². The number of rotatable bonds is 3. The van der Waals surface area contributed by atoms with Gasteiger partial charge in [0.15, 0.2) is 0 Å². The molecule has 1 aromatic carbocycles. The monoisotopic (exact) mass is 245 g/mol. The van der Waals surface area contributed by atoms with E-state index in [9.17, 15) is 4.79 Å². The summed E-state index contributed by atoms with van der Waals surface area (Å²) in [6.45, 7) is 3.26. The van der Waals surface area contributed by atoms with Crippen LogP contribution >= 0.6 is 0 Å². The van der Waals surface area contributed by atoms with Crippen LogP contribution in [0.5, 0.6) is 0 Å². The van der Waals surface area contributed by atoms with Gasteiger partial charge in [-0.2, -0.15) is 0 Å². The number of furan rings is 1. The van der Waals surface area contributed by atoms with Crippen LogP contribution in [-0.4, -0.2) is 29.1 Å². The normalized spacial score (nSPS) is 18.7. The van der Waals surface area contributed by atoms with E-state index in [2.05, 4.69) is 11.8 Å². The third-order valence-corrected chi connectivity index (χ3v) is 3.66. The summed E-state index contributed by atoms with van der Waals surface area (Å²) in [5.74, 6) is -0.0278. The fourth-order valence-corrected chi connectivity index (χ4v) is 2.37. The van der Waals surface area contributed by atoms with Crippen LogP contribution in [0.25, 0.3) is 11.0 Å². The first-order valence-corrected chi connectivity index (χ1v) is 6.10. The van der Waals surface area contributed by atoms with Crippen molar-refractivity contribution in [2.45, 2.75) is 13.0 Å². The summed E-state index contributed by atoms with van der Waals surface area (Å²) < 4.78 is 5.79. The molecule has 1 unspecified atom stereocenters. The smallest absolute Gasteiger partial charge is 0.309 e. The molecule has 94 valence electrons. The lowest BCUT2D eigenvalue weighted by Crippen LogP contribution is -2.51. The molecule has 1 saturated heterocycles. The first kappa shape index (κ1) is 11.3. The van der Waals surface area contributed by atoms with E-state index in [4.69, 9.17) is 9.52 Å². The summed E-state index contributed by atoms with van der Waals surface area (Å²) in [5, 5.41) is 9.96. The maximum absolute atomic E-state index is 10.8. The molecule has 0 spiro atoms. The molecule has 2 heterocycles. The molecule has 1 aromatic heterocycles. The van der Waals surface area contributed by atoms with Gasteiger partial charge in [-0.3, -0.25) is 9.69 Å². The summed E-state index contributed by atoms with van der Waals surface area (Å²) in [7, 11) is 0. The van der Waals surface area contributed by atoms with Crippen molar-refractivity contribution in [1.82, 2.24) is 4.90 Å². The van der Waals surface area contributed by atoms with Gasteiger partial charge >= 0.3 is 5.97 Å². The van der Waals surface area contributed by atoms with Crippen molar-refractivity contribution in [2.24, 2.45) is 5.92 Å². The number of hydrogen-bond donors (Lipinski definition) is 1. The number of carbonyl (C=O) groups is 1. The summed E-state index contributed by atoms with van der Waals surface area (Å²) in [6, 6.07) is 10.1. The fourth-order valence-electron chi connectivity index (χ4n) is 2.37. The van der Waals surface area contributed by atoms with Gasteiger partial charge in [0, 0.05) is 18.5 Å². The number of fused-ring (bicyclic) bond motifs is 1. The third-order valence-electron chi connectivity index (χ3n) is 3.66. The van der Waals surface area contributed by atoms with Crippen molar-refractivity contribution in [3.05, 3.63) is 36.1 Å². The van der Waals surface area contributed by atoms with E-state index in [1.165, 1.54) is 0 Å². The molecule has 0 saturated carbocycles. The molecular formula is C14H15NO3. The molecule has 0 radical (unpaired) electrons. The predicted molar refractivity (Wildman–Crippen MR) is 67.3 cm³/mol. The first-order chi connectivity index (χ1) is 8.65. The van der Waals surface area contributed by atoms with Crippen molar-refractivity contribution in [1.29, 1.82) is 0 Å². The zero-order valence-electron chi connectivity index (χ0n) is 10.2. The summed E-state index contributed by atoms with van der Waals surface area (Å²) in [4.78, 5) is 12.9. The Labute approximate surface area is 105 Å². The zero-order chi connectivity index (χ0) is 12.7. The fraction of sp³-hybridized carbons (Fsp3) is 0.357. The minimum Gasteiger partial charge on any atom is -0.481 e. The minimum absolute atomic E-state index is 0.132. The van der Waals surface area contributed by atoms with Crippen molar-refractivity contribution in [2.75, 3.05) is 13.1 Å². The van der Waals surface area contributed by atoms with Crippen LogP contribution in [0.4, 0.5) is 0 Å². The Kier molecular flexibility index (Phi) is 2.59. The molecule has 1 aliphatic rings. The topological polar surface area (TPSA) is 53.7 Å². The van der Waals surface area contributed by atoms with Gasteiger partial charge in [0.05, 0.1) is 12.0 Å². The molecule has 1 fully saturated rings. The molecule has 4 heteroatoms. The van der Waals surface area contributed by atoms with E-state index in [1.54, 1.807) is 0 Å². The van der Waals surface area contributed by atoms with Crippen LogP contribution in [0.15, 0.2) is 34.7 Å². The van der Waals surface area contributed by atoms with E-state index in [-0.39, 0.29) is 12.0 Å². The van der Waals surface area contributed by atoms with E-state index in [0.717, 1.165) is 16.7 Å². The number of nitrogens with zero attached hydrogens (tertiary/aromatic N) is 1. The molecule has 1 aliphatic heterocycles. The van der Waals surface area contributed by atoms with Crippen molar-refractivity contribution in [3.63, 3.8) is 0 Å². The Morgan fingerprint density at radius 1 is 1.44 bits per heavy atom. The summed E-state index contributed by atoms with van der Waals surface area (Å²) >= 11 is 0. The van der Waals surface area contributed by atoms with Crippen LogP contribution in [0.3, 0.4) is 0 Å². The quantitative estimate of drug-likeness (QED) is 0.902. The zero-order valence-corrected chi connectivity index (χ0v) is 10.2. The molecule has 1 N–H and O–H groups in total. The maximum Gasteiger partial charge on any atom is 0.309 e. The van der Waals surface area contributed by atoms with Crippen LogP contribution in [0, 0.1) is 5.92 Å².